The van der Waals surface area contributed by atoms with Gasteiger partial charge in [-0.05, 0) is 6.42 Å². The number of aromatic nitrogens is 3. The van der Waals surface area contributed by atoms with Crippen LogP contribution in [0, 0.1) is 0 Å². The monoisotopic (exact) mass is 264 g/mol. The van der Waals surface area contributed by atoms with Gasteiger partial charge in [-0.1, -0.05) is 6.92 Å². The van der Waals surface area contributed by atoms with E-state index >= 15 is 0 Å². The highest BCUT2D eigenvalue weighted by Crippen LogP contribution is 2.21. The number of nitrogens with one attached hydrogen (secondary N) is 1. The van der Waals surface area contributed by atoms with Crippen molar-refractivity contribution in [3.63, 3.8) is 0 Å². The molecule has 2 heterocycles. The molecule has 6 heteroatoms. The van der Waals surface area contributed by atoms with Crippen molar-refractivity contribution in [2.45, 2.75) is 20.0 Å². The summed E-state index contributed by atoms with van der Waals surface area (Å²) in [6, 6.07) is 1.92. The molecule has 5 nitrogen and oxygen atoms in total. The number of anilines is 1. The lowest BCUT2D eigenvalue weighted by atomic mass is 10.3. The average molecular weight is 264 g/mol. The highest BCUT2D eigenvalue weighted by Gasteiger charge is 2.08. The molecule has 0 amide bonds. The zero-order valence-corrected chi connectivity index (χ0v) is 11.3. The van der Waals surface area contributed by atoms with E-state index in [1.165, 1.54) is 11.3 Å². The van der Waals surface area contributed by atoms with Crippen LogP contribution in [-0.2, 0) is 11.3 Å². The predicted molar refractivity (Wildman–Crippen MR) is 72.6 cm³/mol. The molecule has 18 heavy (non-hydrogen) atoms. The summed E-state index contributed by atoms with van der Waals surface area (Å²) >= 11 is 1.53. The summed E-state index contributed by atoms with van der Waals surface area (Å²) in [6.07, 6.45) is 2.83. The minimum absolute atomic E-state index is 0.481. The van der Waals surface area contributed by atoms with Crippen molar-refractivity contribution in [3.05, 3.63) is 23.5 Å². The second-order valence-electron chi connectivity index (χ2n) is 3.79. The van der Waals surface area contributed by atoms with Crippen LogP contribution in [-0.4, -0.2) is 28.6 Å². The fourth-order valence-electron chi connectivity index (χ4n) is 1.50. The van der Waals surface area contributed by atoms with Crippen LogP contribution in [0.25, 0.3) is 10.7 Å². The summed E-state index contributed by atoms with van der Waals surface area (Å²) in [4.78, 5) is 14.0. The van der Waals surface area contributed by atoms with Crippen LogP contribution in [0.5, 0.6) is 0 Å². The van der Waals surface area contributed by atoms with Gasteiger partial charge in [-0.15, -0.1) is 11.3 Å². The molecule has 2 aromatic heterocycles. The maximum Gasteiger partial charge on any atom is 0.173 e. The summed E-state index contributed by atoms with van der Waals surface area (Å²) in [5.41, 5.74) is 2.65. The third kappa shape index (κ3) is 3.24. The average Bonchev–Trinajstić information content (AvgIpc) is 2.90. The molecule has 0 aliphatic rings. The van der Waals surface area contributed by atoms with Gasteiger partial charge < -0.3 is 10.1 Å². The number of methoxy groups -OCH3 is 1. The van der Waals surface area contributed by atoms with E-state index in [0.717, 1.165) is 29.4 Å². The molecule has 0 aliphatic heterocycles. The second-order valence-corrected chi connectivity index (χ2v) is 4.68. The lowest BCUT2D eigenvalue weighted by molar-refractivity contribution is 0.181. The molecule has 96 valence electrons. The van der Waals surface area contributed by atoms with Crippen molar-refractivity contribution in [1.29, 1.82) is 0 Å². The first-order valence-corrected chi connectivity index (χ1v) is 6.71. The number of hydrogen-bond donors (Lipinski definition) is 1. The van der Waals surface area contributed by atoms with Crippen LogP contribution < -0.4 is 5.32 Å². The van der Waals surface area contributed by atoms with Gasteiger partial charge in [0.25, 0.3) is 0 Å². The minimum Gasteiger partial charge on any atom is -0.378 e. The molecule has 0 aromatic carbocycles. The van der Waals surface area contributed by atoms with Crippen LogP contribution in [0.2, 0.25) is 0 Å². The third-order valence-corrected chi connectivity index (χ3v) is 3.05. The maximum absolute atomic E-state index is 5.13. The van der Waals surface area contributed by atoms with Crippen LogP contribution in [0.3, 0.4) is 0 Å². The van der Waals surface area contributed by atoms with E-state index in [1.807, 2.05) is 6.07 Å². The first kappa shape index (κ1) is 12.9. The molecule has 2 aromatic rings. The molecule has 0 aliphatic carbocycles. The molecule has 2 rings (SSSR count). The smallest absolute Gasteiger partial charge is 0.173 e. The van der Waals surface area contributed by atoms with Crippen LogP contribution in [0.4, 0.5) is 5.82 Å². The lowest BCUT2D eigenvalue weighted by Gasteiger charge is -2.08. The van der Waals surface area contributed by atoms with E-state index in [4.69, 9.17) is 4.74 Å². The van der Waals surface area contributed by atoms with E-state index in [-0.39, 0.29) is 0 Å². The first-order valence-electron chi connectivity index (χ1n) is 5.83. The Balaban J connectivity index is 2.30. The SMILES string of the molecule is CCCNc1cc(COC)nc(-c2cncs2)n1. The molecule has 0 spiro atoms. The molecule has 0 saturated heterocycles. The standard InChI is InChI=1S/C12H16N4OS/c1-3-4-14-11-5-9(7-17-2)15-12(16-11)10-6-13-8-18-10/h5-6,8H,3-4,7H2,1-2H3,(H,14,15,16). The fourth-order valence-corrected chi connectivity index (χ4v) is 2.05. The van der Waals surface area contributed by atoms with E-state index in [2.05, 4.69) is 27.2 Å². The quantitative estimate of drug-likeness (QED) is 0.869. The highest BCUT2D eigenvalue weighted by molar-refractivity contribution is 7.13. The van der Waals surface area contributed by atoms with Crippen LogP contribution in [0.1, 0.15) is 19.0 Å². The van der Waals surface area contributed by atoms with Gasteiger partial charge in [-0.3, -0.25) is 4.98 Å². The Morgan fingerprint density at radius 1 is 1.39 bits per heavy atom. The van der Waals surface area contributed by atoms with Gasteiger partial charge >= 0.3 is 0 Å². The van der Waals surface area contributed by atoms with Gasteiger partial charge in [-0.25, -0.2) is 9.97 Å². The van der Waals surface area contributed by atoms with Crippen LogP contribution >= 0.6 is 11.3 Å². The zero-order chi connectivity index (χ0) is 12.8. The van der Waals surface area contributed by atoms with E-state index in [0.29, 0.717) is 12.4 Å². The van der Waals surface area contributed by atoms with Gasteiger partial charge in [0.1, 0.15) is 5.82 Å². The second kappa shape index (κ2) is 6.42. The van der Waals surface area contributed by atoms with Gasteiger partial charge in [-0.2, -0.15) is 0 Å². The molecular weight excluding hydrogens is 248 g/mol. The number of rotatable bonds is 6. The number of thiazole rings is 1. The number of nitrogens with zero attached hydrogens (tertiary/aromatic N) is 3. The highest BCUT2D eigenvalue weighted by atomic mass is 32.1. The summed E-state index contributed by atoms with van der Waals surface area (Å²) in [7, 11) is 1.66. The van der Waals surface area contributed by atoms with E-state index < -0.39 is 0 Å². The molecule has 0 bridgehead atoms. The molecule has 0 saturated carbocycles. The fraction of sp³-hybridized carbons (Fsp3) is 0.417. The van der Waals surface area contributed by atoms with Crippen molar-refractivity contribution < 1.29 is 4.74 Å². The van der Waals surface area contributed by atoms with Gasteiger partial charge in [0.2, 0.25) is 0 Å². The Morgan fingerprint density at radius 2 is 2.28 bits per heavy atom. The van der Waals surface area contributed by atoms with E-state index in [9.17, 15) is 0 Å². The molecular formula is C12H16N4OS. The molecule has 0 fully saturated rings. The van der Waals surface area contributed by atoms with Crippen molar-refractivity contribution in [3.8, 4) is 10.7 Å². The van der Waals surface area contributed by atoms with Crippen molar-refractivity contribution in [1.82, 2.24) is 15.0 Å². The van der Waals surface area contributed by atoms with Gasteiger partial charge in [0.15, 0.2) is 5.82 Å². The predicted octanol–water partition coefficient (Wildman–Crippen LogP) is 2.57. The summed E-state index contributed by atoms with van der Waals surface area (Å²) in [6.45, 7) is 3.50. The summed E-state index contributed by atoms with van der Waals surface area (Å²) in [5, 5.41) is 3.27. The van der Waals surface area contributed by atoms with Crippen molar-refractivity contribution in [2.24, 2.45) is 0 Å². The lowest BCUT2D eigenvalue weighted by Crippen LogP contribution is -2.05. The molecule has 0 unspecified atom stereocenters. The summed E-state index contributed by atoms with van der Waals surface area (Å²) < 4.78 is 5.13. The Hall–Kier alpha value is -1.53. The van der Waals surface area contributed by atoms with Crippen molar-refractivity contribution >= 4 is 17.2 Å². The molecule has 0 radical (unpaired) electrons. The van der Waals surface area contributed by atoms with Gasteiger partial charge in [0, 0.05) is 25.9 Å². The third-order valence-electron chi connectivity index (χ3n) is 2.28. The molecule has 0 atom stereocenters. The zero-order valence-electron chi connectivity index (χ0n) is 10.5. The van der Waals surface area contributed by atoms with Gasteiger partial charge in [0.05, 0.1) is 22.7 Å². The molecule has 1 N–H and O–H groups in total. The number of hydrogen-bond acceptors (Lipinski definition) is 6. The van der Waals surface area contributed by atoms with Crippen LogP contribution in [0.15, 0.2) is 17.8 Å². The van der Waals surface area contributed by atoms with Crippen molar-refractivity contribution in [2.75, 3.05) is 19.0 Å². The number of ether oxygens (including phenoxy) is 1. The Bertz CT molecular complexity index is 487. The minimum atomic E-state index is 0.481. The van der Waals surface area contributed by atoms with E-state index in [1.54, 1.807) is 18.8 Å². The Kier molecular flexibility index (Phi) is 4.60. The Labute approximate surface area is 110 Å². The first-order chi connectivity index (χ1) is 8.83. The Morgan fingerprint density at radius 3 is 2.94 bits per heavy atom. The maximum atomic E-state index is 5.13. The summed E-state index contributed by atoms with van der Waals surface area (Å²) in [5.74, 6) is 1.54. The largest absolute Gasteiger partial charge is 0.378 e. The normalized spacial score (nSPS) is 10.6. The topological polar surface area (TPSA) is 59.9 Å².